The molecule has 0 saturated heterocycles. The standard InChI is InChI=1S/C21H23NO3/c1-25-20(23)14-19-13-17-9-5-6-10-18(17)15-22(21(19)24)12-11-16-7-3-2-4-8-16/h2-10,19H,11-15H2,1H3. The number of nitrogens with zero attached hydrogens (tertiary/aromatic N) is 1. The van der Waals surface area contributed by atoms with Crippen molar-refractivity contribution < 1.29 is 14.3 Å². The molecule has 0 saturated carbocycles. The van der Waals surface area contributed by atoms with Crippen LogP contribution in [0.4, 0.5) is 0 Å². The molecule has 3 rings (SSSR count). The van der Waals surface area contributed by atoms with Gasteiger partial charge in [-0.05, 0) is 29.5 Å². The number of methoxy groups -OCH3 is 1. The fourth-order valence-corrected chi connectivity index (χ4v) is 3.35. The molecule has 0 N–H and O–H groups in total. The van der Waals surface area contributed by atoms with Crippen molar-refractivity contribution in [3.05, 3.63) is 71.3 Å². The molecule has 1 amide bonds. The minimum Gasteiger partial charge on any atom is -0.469 e. The van der Waals surface area contributed by atoms with E-state index >= 15 is 0 Å². The molecule has 1 aliphatic rings. The van der Waals surface area contributed by atoms with Crippen molar-refractivity contribution in [2.24, 2.45) is 5.92 Å². The fraction of sp³-hybridized carbons (Fsp3) is 0.333. The van der Waals surface area contributed by atoms with Gasteiger partial charge in [-0.3, -0.25) is 9.59 Å². The third kappa shape index (κ3) is 4.27. The Morgan fingerprint density at radius 1 is 1.08 bits per heavy atom. The summed E-state index contributed by atoms with van der Waals surface area (Å²) in [5, 5.41) is 0. The minimum absolute atomic E-state index is 0.0394. The van der Waals surface area contributed by atoms with Crippen molar-refractivity contribution >= 4 is 11.9 Å². The van der Waals surface area contributed by atoms with Crippen molar-refractivity contribution in [3.8, 4) is 0 Å². The van der Waals surface area contributed by atoms with Crippen LogP contribution in [0.5, 0.6) is 0 Å². The third-order valence-electron chi connectivity index (χ3n) is 4.76. The van der Waals surface area contributed by atoms with E-state index < -0.39 is 0 Å². The van der Waals surface area contributed by atoms with E-state index in [1.165, 1.54) is 12.7 Å². The van der Waals surface area contributed by atoms with Gasteiger partial charge in [0.2, 0.25) is 5.91 Å². The molecule has 4 heteroatoms. The molecule has 0 radical (unpaired) electrons. The first-order valence-electron chi connectivity index (χ1n) is 8.63. The van der Waals surface area contributed by atoms with Gasteiger partial charge in [0.15, 0.2) is 0 Å². The number of hydrogen-bond acceptors (Lipinski definition) is 3. The maximum absolute atomic E-state index is 13.0. The average molecular weight is 337 g/mol. The van der Waals surface area contributed by atoms with E-state index in [4.69, 9.17) is 4.74 Å². The van der Waals surface area contributed by atoms with Crippen LogP contribution in [0.25, 0.3) is 0 Å². The van der Waals surface area contributed by atoms with Crippen LogP contribution in [0.3, 0.4) is 0 Å². The highest BCUT2D eigenvalue weighted by atomic mass is 16.5. The summed E-state index contributed by atoms with van der Waals surface area (Å²) in [5.41, 5.74) is 3.51. The number of esters is 1. The van der Waals surface area contributed by atoms with Gasteiger partial charge in [0.25, 0.3) is 0 Å². The summed E-state index contributed by atoms with van der Waals surface area (Å²) in [6.45, 7) is 1.24. The van der Waals surface area contributed by atoms with E-state index in [-0.39, 0.29) is 24.2 Å². The predicted molar refractivity (Wildman–Crippen MR) is 95.8 cm³/mol. The van der Waals surface area contributed by atoms with Crippen LogP contribution in [0.2, 0.25) is 0 Å². The lowest BCUT2D eigenvalue weighted by molar-refractivity contribution is -0.146. The third-order valence-corrected chi connectivity index (χ3v) is 4.76. The van der Waals surface area contributed by atoms with E-state index in [1.807, 2.05) is 41.3 Å². The molecule has 130 valence electrons. The first-order chi connectivity index (χ1) is 12.2. The van der Waals surface area contributed by atoms with Gasteiger partial charge < -0.3 is 9.64 Å². The Balaban J connectivity index is 1.80. The Hall–Kier alpha value is -2.62. The van der Waals surface area contributed by atoms with Crippen molar-refractivity contribution in [2.75, 3.05) is 13.7 Å². The largest absolute Gasteiger partial charge is 0.469 e. The Kier molecular flexibility index (Phi) is 5.49. The maximum Gasteiger partial charge on any atom is 0.306 e. The van der Waals surface area contributed by atoms with Crippen molar-refractivity contribution in [1.29, 1.82) is 0 Å². The maximum atomic E-state index is 13.0. The summed E-state index contributed by atoms with van der Waals surface area (Å²) in [4.78, 5) is 26.6. The monoisotopic (exact) mass is 337 g/mol. The van der Waals surface area contributed by atoms with Crippen LogP contribution < -0.4 is 0 Å². The minimum atomic E-state index is -0.355. The quantitative estimate of drug-likeness (QED) is 0.788. The molecule has 4 nitrogen and oxygen atoms in total. The van der Waals surface area contributed by atoms with Crippen molar-refractivity contribution in [2.45, 2.75) is 25.8 Å². The molecule has 0 spiro atoms. The zero-order chi connectivity index (χ0) is 17.6. The normalized spacial score (nSPS) is 16.9. The molecule has 25 heavy (non-hydrogen) atoms. The average Bonchev–Trinajstić information content (AvgIpc) is 2.78. The first-order valence-corrected chi connectivity index (χ1v) is 8.63. The topological polar surface area (TPSA) is 46.6 Å². The summed E-state index contributed by atoms with van der Waals surface area (Å²) in [5.74, 6) is -0.648. The number of carbonyl (C=O) groups excluding carboxylic acids is 2. The van der Waals surface area contributed by atoms with E-state index in [2.05, 4.69) is 18.2 Å². The highest BCUT2D eigenvalue weighted by molar-refractivity contribution is 5.84. The molecule has 2 aromatic carbocycles. The summed E-state index contributed by atoms with van der Waals surface area (Å²) < 4.78 is 4.78. The van der Waals surface area contributed by atoms with Crippen LogP contribution in [-0.4, -0.2) is 30.4 Å². The number of fused-ring (bicyclic) bond motifs is 1. The van der Waals surface area contributed by atoms with Gasteiger partial charge in [0.05, 0.1) is 19.4 Å². The van der Waals surface area contributed by atoms with E-state index in [9.17, 15) is 9.59 Å². The van der Waals surface area contributed by atoms with Gasteiger partial charge in [-0.2, -0.15) is 0 Å². The Bertz CT molecular complexity index is 742. The highest BCUT2D eigenvalue weighted by Gasteiger charge is 2.31. The van der Waals surface area contributed by atoms with Crippen LogP contribution in [-0.2, 0) is 33.7 Å². The van der Waals surface area contributed by atoms with Crippen LogP contribution in [0.1, 0.15) is 23.1 Å². The van der Waals surface area contributed by atoms with Crippen molar-refractivity contribution in [3.63, 3.8) is 0 Å². The Morgan fingerprint density at radius 3 is 2.48 bits per heavy atom. The van der Waals surface area contributed by atoms with Gasteiger partial charge in [-0.15, -0.1) is 0 Å². The fourth-order valence-electron chi connectivity index (χ4n) is 3.35. The lowest BCUT2D eigenvalue weighted by Crippen LogP contribution is -2.37. The van der Waals surface area contributed by atoms with E-state index in [0.717, 1.165) is 17.5 Å². The Labute approximate surface area is 148 Å². The second kappa shape index (κ2) is 7.97. The lowest BCUT2D eigenvalue weighted by atomic mass is 9.94. The lowest BCUT2D eigenvalue weighted by Gasteiger charge is -2.24. The van der Waals surface area contributed by atoms with Gasteiger partial charge in [-0.1, -0.05) is 54.6 Å². The summed E-state index contributed by atoms with van der Waals surface area (Å²) in [7, 11) is 1.37. The summed E-state index contributed by atoms with van der Waals surface area (Å²) >= 11 is 0. The predicted octanol–water partition coefficient (Wildman–Crippen LogP) is 2.99. The molecular formula is C21H23NO3. The number of ether oxygens (including phenoxy) is 1. The molecule has 0 bridgehead atoms. The van der Waals surface area contributed by atoms with Gasteiger partial charge in [0.1, 0.15) is 0 Å². The zero-order valence-electron chi connectivity index (χ0n) is 14.5. The first kappa shape index (κ1) is 17.2. The smallest absolute Gasteiger partial charge is 0.306 e. The number of rotatable bonds is 5. The molecule has 2 aromatic rings. The van der Waals surface area contributed by atoms with E-state index in [1.54, 1.807) is 0 Å². The summed E-state index contributed by atoms with van der Waals surface area (Å²) in [6.07, 6.45) is 1.52. The molecule has 1 heterocycles. The van der Waals surface area contributed by atoms with Crippen molar-refractivity contribution in [1.82, 2.24) is 4.90 Å². The molecule has 1 aliphatic heterocycles. The Morgan fingerprint density at radius 2 is 1.76 bits per heavy atom. The second-order valence-corrected chi connectivity index (χ2v) is 6.45. The van der Waals surface area contributed by atoms with Crippen LogP contribution in [0, 0.1) is 5.92 Å². The molecule has 0 aromatic heterocycles. The molecule has 0 aliphatic carbocycles. The molecule has 1 unspecified atom stereocenters. The number of carbonyl (C=O) groups is 2. The van der Waals surface area contributed by atoms with E-state index in [0.29, 0.717) is 19.5 Å². The second-order valence-electron chi connectivity index (χ2n) is 6.45. The SMILES string of the molecule is COC(=O)CC1Cc2ccccc2CN(CCc2ccccc2)C1=O. The highest BCUT2D eigenvalue weighted by Crippen LogP contribution is 2.25. The van der Waals surface area contributed by atoms with Gasteiger partial charge in [0, 0.05) is 13.1 Å². The number of benzene rings is 2. The zero-order valence-corrected chi connectivity index (χ0v) is 14.5. The van der Waals surface area contributed by atoms with Gasteiger partial charge >= 0.3 is 5.97 Å². The number of hydrogen-bond donors (Lipinski definition) is 0. The molecule has 1 atom stereocenters. The van der Waals surface area contributed by atoms with Gasteiger partial charge in [-0.25, -0.2) is 0 Å². The van der Waals surface area contributed by atoms with Crippen LogP contribution in [0.15, 0.2) is 54.6 Å². The summed E-state index contributed by atoms with van der Waals surface area (Å²) in [6, 6.07) is 18.3. The molecular weight excluding hydrogens is 314 g/mol. The van der Waals surface area contributed by atoms with Crippen LogP contribution >= 0.6 is 0 Å². The molecule has 0 fully saturated rings. The number of amides is 1.